The molecule has 0 spiro atoms. The number of amides is 1. The van der Waals surface area contributed by atoms with Gasteiger partial charge in [-0.15, -0.1) is 23.4 Å². The van der Waals surface area contributed by atoms with Gasteiger partial charge in [-0.05, 0) is 31.4 Å². The minimum absolute atomic E-state index is 0.0311. The van der Waals surface area contributed by atoms with Gasteiger partial charge in [-0.25, -0.2) is 0 Å². The highest BCUT2D eigenvalue weighted by molar-refractivity contribution is 8.00. The van der Waals surface area contributed by atoms with Crippen LogP contribution in [0, 0.1) is 0 Å². The third-order valence-electron chi connectivity index (χ3n) is 2.97. The third kappa shape index (κ3) is 2.37. The van der Waals surface area contributed by atoms with Gasteiger partial charge in [0.2, 0.25) is 5.91 Å². The van der Waals surface area contributed by atoms with E-state index >= 15 is 0 Å². The molecule has 0 aromatic carbocycles. The summed E-state index contributed by atoms with van der Waals surface area (Å²) < 4.78 is 0. The summed E-state index contributed by atoms with van der Waals surface area (Å²) >= 11 is 7.61. The lowest BCUT2D eigenvalue weighted by molar-refractivity contribution is -0.121. The van der Waals surface area contributed by atoms with Gasteiger partial charge in [0.25, 0.3) is 0 Å². The maximum atomic E-state index is 11.8. The number of thioether (sulfide) groups is 1. The lowest BCUT2D eigenvalue weighted by atomic mass is 10.1. The fraction of sp³-hybridized carbons (Fsp3) is 0.900. The van der Waals surface area contributed by atoms with Gasteiger partial charge < -0.3 is 5.32 Å². The third-order valence-corrected chi connectivity index (χ3v) is 4.86. The Morgan fingerprint density at radius 3 is 2.79 bits per heavy atom. The summed E-state index contributed by atoms with van der Waals surface area (Å²) in [6.07, 6.45) is 5.60. The summed E-state index contributed by atoms with van der Waals surface area (Å²) in [7, 11) is 0. The molecular formula is C10H16ClNOS. The molecule has 80 valence electrons. The maximum Gasteiger partial charge on any atom is 0.233 e. The first-order valence-corrected chi connectivity index (χ1v) is 6.84. The average molecular weight is 234 g/mol. The zero-order chi connectivity index (χ0) is 10.0. The van der Waals surface area contributed by atoms with Crippen molar-refractivity contribution in [2.75, 3.05) is 11.6 Å². The van der Waals surface area contributed by atoms with Gasteiger partial charge in [-0.2, -0.15) is 0 Å². The van der Waals surface area contributed by atoms with Gasteiger partial charge in [0.15, 0.2) is 0 Å². The fourth-order valence-electron chi connectivity index (χ4n) is 1.73. The Hall–Kier alpha value is 0.110. The van der Waals surface area contributed by atoms with Crippen molar-refractivity contribution in [3.8, 4) is 0 Å². The van der Waals surface area contributed by atoms with Crippen LogP contribution < -0.4 is 5.32 Å². The Morgan fingerprint density at radius 1 is 1.50 bits per heavy atom. The summed E-state index contributed by atoms with van der Waals surface area (Å²) in [4.78, 5) is 11.8. The van der Waals surface area contributed by atoms with E-state index in [2.05, 4.69) is 5.32 Å². The number of halogens is 1. The van der Waals surface area contributed by atoms with Crippen LogP contribution in [0.15, 0.2) is 0 Å². The van der Waals surface area contributed by atoms with Crippen molar-refractivity contribution in [1.82, 2.24) is 5.32 Å². The molecule has 1 amide bonds. The van der Waals surface area contributed by atoms with Crippen LogP contribution >= 0.6 is 23.4 Å². The largest absolute Gasteiger partial charge is 0.349 e. The Morgan fingerprint density at radius 2 is 2.29 bits per heavy atom. The SMILES string of the molecule is O=C(NC1(CCl)CC1)C1CCCCS1. The smallest absolute Gasteiger partial charge is 0.233 e. The van der Waals surface area contributed by atoms with Crippen molar-refractivity contribution < 1.29 is 4.79 Å². The summed E-state index contributed by atoms with van der Waals surface area (Å²) in [6.45, 7) is 0. The van der Waals surface area contributed by atoms with Crippen molar-refractivity contribution in [2.24, 2.45) is 0 Å². The molecule has 1 aliphatic carbocycles. The van der Waals surface area contributed by atoms with E-state index in [1.165, 1.54) is 12.8 Å². The van der Waals surface area contributed by atoms with Gasteiger partial charge in [-0.1, -0.05) is 6.42 Å². The fourth-order valence-corrected chi connectivity index (χ4v) is 3.27. The zero-order valence-electron chi connectivity index (χ0n) is 8.22. The molecule has 1 N–H and O–H groups in total. The van der Waals surface area contributed by atoms with E-state index in [9.17, 15) is 4.79 Å². The van der Waals surface area contributed by atoms with Gasteiger partial charge in [0.1, 0.15) is 0 Å². The van der Waals surface area contributed by atoms with Crippen molar-refractivity contribution >= 4 is 29.3 Å². The highest BCUT2D eigenvalue weighted by Crippen LogP contribution is 2.37. The molecular weight excluding hydrogens is 218 g/mol. The quantitative estimate of drug-likeness (QED) is 0.757. The van der Waals surface area contributed by atoms with E-state index in [1.54, 1.807) is 11.8 Å². The number of carbonyl (C=O) groups is 1. The topological polar surface area (TPSA) is 29.1 Å². The van der Waals surface area contributed by atoms with Gasteiger partial charge >= 0.3 is 0 Å². The van der Waals surface area contributed by atoms with E-state index in [1.807, 2.05) is 0 Å². The summed E-state index contributed by atoms with van der Waals surface area (Å²) in [5.41, 5.74) is -0.0311. The molecule has 0 radical (unpaired) electrons. The average Bonchev–Trinajstić information content (AvgIpc) is 3.00. The van der Waals surface area contributed by atoms with E-state index in [4.69, 9.17) is 11.6 Å². The van der Waals surface area contributed by atoms with Crippen LogP contribution in [0.4, 0.5) is 0 Å². The molecule has 2 rings (SSSR count). The van der Waals surface area contributed by atoms with Gasteiger partial charge in [-0.3, -0.25) is 4.79 Å². The first kappa shape index (κ1) is 10.6. The van der Waals surface area contributed by atoms with E-state index in [0.717, 1.165) is 25.0 Å². The van der Waals surface area contributed by atoms with Crippen LogP contribution in [-0.2, 0) is 4.79 Å². The van der Waals surface area contributed by atoms with Crippen molar-refractivity contribution in [3.63, 3.8) is 0 Å². The zero-order valence-corrected chi connectivity index (χ0v) is 9.79. The molecule has 0 aromatic heterocycles. The Balaban J connectivity index is 1.82. The molecule has 14 heavy (non-hydrogen) atoms. The molecule has 1 saturated carbocycles. The first-order chi connectivity index (χ1) is 6.76. The van der Waals surface area contributed by atoms with Crippen LogP contribution in [-0.4, -0.2) is 28.3 Å². The highest BCUT2D eigenvalue weighted by Gasteiger charge is 2.44. The lowest BCUT2D eigenvalue weighted by Crippen LogP contribution is -2.43. The number of alkyl halides is 1. The number of hydrogen-bond donors (Lipinski definition) is 1. The Bertz CT molecular complexity index is 224. The molecule has 2 aliphatic rings. The van der Waals surface area contributed by atoms with E-state index in [0.29, 0.717) is 5.88 Å². The molecule has 2 fully saturated rings. The second kappa shape index (κ2) is 4.31. The van der Waals surface area contributed by atoms with Crippen molar-refractivity contribution in [3.05, 3.63) is 0 Å². The molecule has 2 nitrogen and oxygen atoms in total. The van der Waals surface area contributed by atoms with E-state index < -0.39 is 0 Å². The minimum Gasteiger partial charge on any atom is -0.349 e. The summed E-state index contributed by atoms with van der Waals surface area (Å²) in [6, 6.07) is 0. The summed E-state index contributed by atoms with van der Waals surface area (Å²) in [5, 5.41) is 3.28. The predicted octanol–water partition coefficient (Wildman–Crippen LogP) is 2.16. The Labute approximate surface area is 94.1 Å². The normalized spacial score (nSPS) is 29.6. The second-order valence-electron chi connectivity index (χ2n) is 4.26. The van der Waals surface area contributed by atoms with Crippen LogP contribution in [0.2, 0.25) is 0 Å². The number of carbonyl (C=O) groups excluding carboxylic acids is 1. The van der Waals surface area contributed by atoms with Gasteiger partial charge in [0.05, 0.1) is 10.8 Å². The Kier molecular flexibility index (Phi) is 3.27. The maximum absolute atomic E-state index is 11.8. The molecule has 1 aliphatic heterocycles. The number of nitrogens with one attached hydrogen (secondary N) is 1. The molecule has 1 heterocycles. The molecule has 1 saturated heterocycles. The molecule has 0 bridgehead atoms. The predicted molar refractivity (Wildman–Crippen MR) is 60.9 cm³/mol. The second-order valence-corrected chi connectivity index (χ2v) is 5.84. The molecule has 0 aromatic rings. The molecule has 1 unspecified atom stereocenters. The first-order valence-electron chi connectivity index (χ1n) is 5.25. The lowest BCUT2D eigenvalue weighted by Gasteiger charge is -2.23. The van der Waals surface area contributed by atoms with Crippen LogP contribution in [0.3, 0.4) is 0 Å². The van der Waals surface area contributed by atoms with Crippen LogP contribution in [0.5, 0.6) is 0 Å². The minimum atomic E-state index is -0.0311. The number of hydrogen-bond acceptors (Lipinski definition) is 2. The van der Waals surface area contributed by atoms with Crippen molar-refractivity contribution in [1.29, 1.82) is 0 Å². The standard InChI is InChI=1S/C10H16ClNOS/c11-7-10(4-5-10)12-9(13)8-3-1-2-6-14-8/h8H,1-7H2,(H,12,13). The summed E-state index contributed by atoms with van der Waals surface area (Å²) in [5.74, 6) is 1.91. The van der Waals surface area contributed by atoms with Gasteiger partial charge in [0, 0.05) is 5.88 Å². The molecule has 4 heteroatoms. The molecule has 1 atom stereocenters. The van der Waals surface area contributed by atoms with E-state index in [-0.39, 0.29) is 16.7 Å². The highest BCUT2D eigenvalue weighted by atomic mass is 35.5. The van der Waals surface area contributed by atoms with Crippen LogP contribution in [0.1, 0.15) is 32.1 Å². The van der Waals surface area contributed by atoms with Crippen LogP contribution in [0.25, 0.3) is 0 Å². The number of rotatable bonds is 3. The van der Waals surface area contributed by atoms with Crippen molar-refractivity contribution in [2.45, 2.75) is 42.9 Å². The monoisotopic (exact) mass is 233 g/mol.